The number of rotatable bonds is 6. The lowest BCUT2D eigenvalue weighted by Crippen LogP contribution is -2.39. The highest BCUT2D eigenvalue weighted by Crippen LogP contribution is 2.11. The Labute approximate surface area is 158 Å². The van der Waals surface area contributed by atoms with Crippen LogP contribution in [0.5, 0.6) is 0 Å². The van der Waals surface area contributed by atoms with Crippen LogP contribution in [0.1, 0.15) is 18.4 Å². The summed E-state index contributed by atoms with van der Waals surface area (Å²) in [7, 11) is 1.69. The number of halogens is 3. The standard InChI is InChI=1S/C17H23F2N3O.HI/c1-20-17(21-8-4-13-6-10-23-11-7-13)22-9-5-14-12-15(18)2-3-16(14)19;/h2-3,6,12H,4-5,7-11H2,1H3,(H2,20,21,22);1H. The van der Waals surface area contributed by atoms with Gasteiger partial charge >= 0.3 is 0 Å². The van der Waals surface area contributed by atoms with E-state index < -0.39 is 5.82 Å². The Bertz CT molecular complexity index is 579. The predicted molar refractivity (Wildman–Crippen MR) is 103 cm³/mol. The SMILES string of the molecule is CN=C(NCCC1=CCOCC1)NCCc1cc(F)ccc1F.I. The summed E-state index contributed by atoms with van der Waals surface area (Å²) < 4.78 is 31.9. The fourth-order valence-electron chi connectivity index (χ4n) is 2.41. The van der Waals surface area contributed by atoms with Crippen LogP contribution in [0.25, 0.3) is 0 Å². The zero-order valence-corrected chi connectivity index (χ0v) is 16.1. The van der Waals surface area contributed by atoms with E-state index in [2.05, 4.69) is 21.7 Å². The lowest BCUT2D eigenvalue weighted by molar-refractivity contribution is 0.153. The maximum absolute atomic E-state index is 13.5. The topological polar surface area (TPSA) is 45.7 Å². The minimum Gasteiger partial charge on any atom is -0.377 e. The molecule has 0 saturated heterocycles. The number of guanidine groups is 1. The maximum atomic E-state index is 13.5. The van der Waals surface area contributed by atoms with E-state index >= 15 is 0 Å². The number of aliphatic imine (C=N–C) groups is 1. The molecule has 2 rings (SSSR count). The van der Waals surface area contributed by atoms with Gasteiger partial charge in [0, 0.05) is 20.1 Å². The van der Waals surface area contributed by atoms with Gasteiger partial charge in [-0.05, 0) is 43.0 Å². The van der Waals surface area contributed by atoms with Crippen LogP contribution in [0.4, 0.5) is 8.78 Å². The molecule has 0 bridgehead atoms. The molecule has 1 aromatic carbocycles. The summed E-state index contributed by atoms with van der Waals surface area (Å²) >= 11 is 0. The minimum atomic E-state index is -0.423. The molecule has 7 heteroatoms. The Hall–Kier alpha value is -1.22. The van der Waals surface area contributed by atoms with Crippen LogP contribution in [0.15, 0.2) is 34.8 Å². The van der Waals surface area contributed by atoms with Crippen molar-refractivity contribution in [3.8, 4) is 0 Å². The first kappa shape index (κ1) is 20.8. The molecule has 134 valence electrons. The first-order chi connectivity index (χ1) is 11.2. The summed E-state index contributed by atoms with van der Waals surface area (Å²) in [4.78, 5) is 4.12. The van der Waals surface area contributed by atoms with Gasteiger partial charge in [0.05, 0.1) is 13.2 Å². The van der Waals surface area contributed by atoms with Crippen LogP contribution in [0.3, 0.4) is 0 Å². The molecule has 1 aromatic rings. The van der Waals surface area contributed by atoms with Crippen LogP contribution in [0.2, 0.25) is 0 Å². The predicted octanol–water partition coefficient (Wildman–Crippen LogP) is 3.03. The molecular formula is C17H24F2IN3O. The summed E-state index contributed by atoms with van der Waals surface area (Å²) in [6, 6.07) is 3.50. The molecule has 0 fully saturated rings. The van der Waals surface area contributed by atoms with E-state index in [1.807, 2.05) is 0 Å². The van der Waals surface area contributed by atoms with Crippen LogP contribution >= 0.6 is 24.0 Å². The maximum Gasteiger partial charge on any atom is 0.190 e. The summed E-state index contributed by atoms with van der Waals surface area (Å²) in [6.45, 7) is 2.75. The van der Waals surface area contributed by atoms with Crippen molar-refractivity contribution in [1.29, 1.82) is 0 Å². The highest BCUT2D eigenvalue weighted by atomic mass is 127. The third-order valence-electron chi connectivity index (χ3n) is 3.71. The van der Waals surface area contributed by atoms with E-state index in [9.17, 15) is 8.78 Å². The molecule has 24 heavy (non-hydrogen) atoms. The van der Waals surface area contributed by atoms with Gasteiger partial charge in [-0.25, -0.2) is 8.78 Å². The number of ether oxygens (including phenoxy) is 1. The average molecular weight is 451 g/mol. The second kappa shape index (κ2) is 11.4. The van der Waals surface area contributed by atoms with E-state index in [1.54, 1.807) is 7.05 Å². The van der Waals surface area contributed by atoms with E-state index in [0.717, 1.165) is 38.1 Å². The number of benzene rings is 1. The lowest BCUT2D eigenvalue weighted by atomic mass is 10.1. The van der Waals surface area contributed by atoms with Gasteiger partial charge in [-0.3, -0.25) is 4.99 Å². The zero-order chi connectivity index (χ0) is 16.5. The molecule has 0 spiro atoms. The Balaban J connectivity index is 0.00000288. The Morgan fingerprint density at radius 3 is 2.62 bits per heavy atom. The molecule has 0 unspecified atom stereocenters. The van der Waals surface area contributed by atoms with E-state index in [1.165, 1.54) is 11.6 Å². The summed E-state index contributed by atoms with van der Waals surface area (Å²) in [5, 5.41) is 6.33. The van der Waals surface area contributed by atoms with Crippen molar-refractivity contribution in [2.75, 3.05) is 33.4 Å². The highest BCUT2D eigenvalue weighted by Gasteiger charge is 2.06. The third-order valence-corrected chi connectivity index (χ3v) is 3.71. The molecule has 2 N–H and O–H groups in total. The molecule has 4 nitrogen and oxygen atoms in total. The van der Waals surface area contributed by atoms with Crippen molar-refractivity contribution < 1.29 is 13.5 Å². The summed E-state index contributed by atoms with van der Waals surface area (Å²) in [5.74, 6) is -0.147. The van der Waals surface area contributed by atoms with Crippen molar-refractivity contribution in [2.45, 2.75) is 19.3 Å². The van der Waals surface area contributed by atoms with Crippen molar-refractivity contribution in [3.63, 3.8) is 0 Å². The lowest BCUT2D eigenvalue weighted by Gasteiger charge is -2.15. The fraction of sp³-hybridized carbons (Fsp3) is 0.471. The Morgan fingerprint density at radius 1 is 1.21 bits per heavy atom. The summed E-state index contributed by atoms with van der Waals surface area (Å²) in [6.07, 6.45) is 4.44. The zero-order valence-electron chi connectivity index (χ0n) is 13.8. The molecule has 0 aromatic heterocycles. The quantitative estimate of drug-likeness (QED) is 0.303. The Kier molecular flexibility index (Phi) is 9.85. The molecule has 0 aliphatic carbocycles. The minimum absolute atomic E-state index is 0. The van der Waals surface area contributed by atoms with Crippen molar-refractivity contribution >= 4 is 29.9 Å². The third kappa shape index (κ3) is 7.12. The molecule has 1 heterocycles. The van der Waals surface area contributed by atoms with E-state index in [4.69, 9.17) is 4.74 Å². The first-order valence-electron chi connectivity index (χ1n) is 7.83. The van der Waals surface area contributed by atoms with Crippen molar-refractivity contribution in [1.82, 2.24) is 10.6 Å². The van der Waals surface area contributed by atoms with Crippen LogP contribution in [-0.2, 0) is 11.2 Å². The van der Waals surface area contributed by atoms with Gasteiger partial charge in [0.15, 0.2) is 5.96 Å². The van der Waals surface area contributed by atoms with Gasteiger partial charge in [0.2, 0.25) is 0 Å². The second-order valence-corrected chi connectivity index (χ2v) is 5.35. The molecule has 0 radical (unpaired) electrons. The molecule has 0 amide bonds. The van der Waals surface area contributed by atoms with Gasteiger partial charge in [0.1, 0.15) is 11.6 Å². The number of hydrogen-bond acceptors (Lipinski definition) is 2. The summed E-state index contributed by atoms with van der Waals surface area (Å²) in [5.41, 5.74) is 1.75. The molecule has 1 aliphatic heterocycles. The van der Waals surface area contributed by atoms with Crippen molar-refractivity contribution in [3.05, 3.63) is 47.0 Å². The molecular weight excluding hydrogens is 427 g/mol. The van der Waals surface area contributed by atoms with Gasteiger partial charge in [0.25, 0.3) is 0 Å². The van der Waals surface area contributed by atoms with Crippen molar-refractivity contribution in [2.24, 2.45) is 4.99 Å². The van der Waals surface area contributed by atoms with Crippen LogP contribution in [0, 0.1) is 11.6 Å². The first-order valence-corrected chi connectivity index (χ1v) is 7.83. The molecule has 0 saturated carbocycles. The van der Waals surface area contributed by atoms with Gasteiger partial charge in [-0.15, -0.1) is 24.0 Å². The average Bonchev–Trinajstić information content (AvgIpc) is 2.57. The molecule has 1 aliphatic rings. The second-order valence-electron chi connectivity index (χ2n) is 5.35. The van der Waals surface area contributed by atoms with Crippen LogP contribution < -0.4 is 10.6 Å². The van der Waals surface area contributed by atoms with Crippen LogP contribution in [-0.4, -0.2) is 39.3 Å². The van der Waals surface area contributed by atoms with Gasteiger partial charge in [-0.1, -0.05) is 11.6 Å². The van der Waals surface area contributed by atoms with E-state index in [-0.39, 0.29) is 29.8 Å². The van der Waals surface area contributed by atoms with Gasteiger partial charge < -0.3 is 15.4 Å². The van der Waals surface area contributed by atoms with E-state index in [0.29, 0.717) is 31.1 Å². The largest absolute Gasteiger partial charge is 0.377 e. The number of nitrogens with zero attached hydrogens (tertiary/aromatic N) is 1. The molecule has 0 atom stereocenters. The smallest absolute Gasteiger partial charge is 0.190 e. The fourth-order valence-corrected chi connectivity index (χ4v) is 2.41. The monoisotopic (exact) mass is 451 g/mol. The normalized spacial score (nSPS) is 14.6. The number of hydrogen-bond donors (Lipinski definition) is 2. The van der Waals surface area contributed by atoms with Gasteiger partial charge in [-0.2, -0.15) is 0 Å². The Morgan fingerprint density at radius 2 is 1.96 bits per heavy atom. The highest BCUT2D eigenvalue weighted by molar-refractivity contribution is 14.0. The number of nitrogens with one attached hydrogen (secondary N) is 2.